The van der Waals surface area contributed by atoms with Crippen molar-refractivity contribution >= 4 is 86.2 Å². The zero-order chi connectivity index (χ0) is 32.1. The molecule has 4 nitrogen and oxygen atoms in total. The Hall–Kier alpha value is -6.30. The van der Waals surface area contributed by atoms with E-state index in [0.29, 0.717) is 5.95 Å². The Morgan fingerprint density at radius 3 is 2.02 bits per heavy atom. The average Bonchev–Trinajstić information content (AvgIpc) is 3.83. The number of hydrogen-bond donors (Lipinski definition) is 0. The van der Waals surface area contributed by atoms with Gasteiger partial charge in [-0.15, -0.1) is 11.3 Å². The molecule has 0 spiro atoms. The number of benzene rings is 7. The Labute approximate surface area is 284 Å². The molecule has 4 aromatic heterocycles. The Balaban J connectivity index is 1.24. The summed E-state index contributed by atoms with van der Waals surface area (Å²) in [5.41, 5.74) is 9.17. The van der Waals surface area contributed by atoms with Gasteiger partial charge in [0.1, 0.15) is 11.2 Å². The number of furan rings is 1. The van der Waals surface area contributed by atoms with Crippen molar-refractivity contribution in [3.63, 3.8) is 0 Å². The topological polar surface area (TPSA) is 43.9 Å². The van der Waals surface area contributed by atoms with Crippen molar-refractivity contribution in [2.24, 2.45) is 0 Å². The van der Waals surface area contributed by atoms with Crippen LogP contribution < -0.4 is 0 Å². The van der Waals surface area contributed by atoms with Crippen molar-refractivity contribution in [1.82, 2.24) is 14.5 Å². The molecular formula is C44H25N3OS. The van der Waals surface area contributed by atoms with Gasteiger partial charge in [0, 0.05) is 37.2 Å². The summed E-state index contributed by atoms with van der Waals surface area (Å²) in [6.45, 7) is 0. The second-order valence-corrected chi connectivity index (χ2v) is 13.6. The van der Waals surface area contributed by atoms with Gasteiger partial charge in [-0.25, -0.2) is 9.97 Å². The molecule has 11 aromatic rings. The van der Waals surface area contributed by atoms with E-state index in [2.05, 4.69) is 138 Å². The molecule has 0 saturated carbocycles. The van der Waals surface area contributed by atoms with E-state index < -0.39 is 0 Å². The number of para-hydroxylation sites is 3. The lowest BCUT2D eigenvalue weighted by atomic mass is 10.0. The molecule has 0 aliphatic heterocycles. The summed E-state index contributed by atoms with van der Waals surface area (Å²) in [7, 11) is 0. The van der Waals surface area contributed by atoms with Crippen molar-refractivity contribution in [3.05, 3.63) is 152 Å². The first-order chi connectivity index (χ1) is 24.3. The summed E-state index contributed by atoms with van der Waals surface area (Å²) in [6, 6.07) is 53.6. The van der Waals surface area contributed by atoms with Crippen LogP contribution in [-0.2, 0) is 0 Å². The third-order valence-corrected chi connectivity index (χ3v) is 11.0. The van der Waals surface area contributed by atoms with Crippen molar-refractivity contribution < 1.29 is 4.42 Å². The molecule has 7 aromatic carbocycles. The van der Waals surface area contributed by atoms with Crippen molar-refractivity contribution in [2.75, 3.05) is 0 Å². The lowest BCUT2D eigenvalue weighted by molar-refractivity contribution is 0.669. The van der Waals surface area contributed by atoms with E-state index in [9.17, 15) is 0 Å². The van der Waals surface area contributed by atoms with Crippen LogP contribution in [0.2, 0.25) is 0 Å². The molecule has 0 atom stereocenters. The number of rotatable bonds is 3. The molecule has 0 aliphatic rings. The van der Waals surface area contributed by atoms with Gasteiger partial charge in [0.05, 0.1) is 26.9 Å². The molecule has 5 heteroatoms. The highest BCUT2D eigenvalue weighted by molar-refractivity contribution is 7.26. The first kappa shape index (κ1) is 26.7. The van der Waals surface area contributed by atoms with Gasteiger partial charge in [0.2, 0.25) is 5.95 Å². The first-order valence-corrected chi connectivity index (χ1v) is 17.2. The second-order valence-electron chi connectivity index (χ2n) is 12.6. The van der Waals surface area contributed by atoms with Gasteiger partial charge in [-0.05, 0) is 58.3 Å². The molecule has 0 unspecified atom stereocenters. The molecule has 0 fully saturated rings. The molecule has 0 amide bonds. The minimum atomic E-state index is 0.656. The van der Waals surface area contributed by atoms with E-state index >= 15 is 0 Å². The van der Waals surface area contributed by atoms with Crippen LogP contribution in [-0.4, -0.2) is 14.5 Å². The monoisotopic (exact) mass is 643 g/mol. The minimum Gasteiger partial charge on any atom is -0.456 e. The zero-order valence-corrected chi connectivity index (χ0v) is 26.9. The Morgan fingerprint density at radius 1 is 0.510 bits per heavy atom. The molecular weight excluding hydrogens is 619 g/mol. The van der Waals surface area contributed by atoms with Crippen LogP contribution in [0.25, 0.3) is 103 Å². The van der Waals surface area contributed by atoms with Crippen LogP contribution in [0.4, 0.5) is 0 Å². The third kappa shape index (κ3) is 3.91. The normalized spacial score (nSPS) is 12.1. The van der Waals surface area contributed by atoms with Gasteiger partial charge in [0.25, 0.3) is 0 Å². The van der Waals surface area contributed by atoms with Crippen molar-refractivity contribution in [1.29, 1.82) is 0 Å². The predicted octanol–water partition coefficient (Wildman–Crippen LogP) is 12.3. The van der Waals surface area contributed by atoms with Gasteiger partial charge in [-0.1, -0.05) is 115 Å². The van der Waals surface area contributed by atoms with Gasteiger partial charge in [-0.3, -0.25) is 4.57 Å². The maximum absolute atomic E-state index is 6.35. The predicted molar refractivity (Wildman–Crippen MR) is 205 cm³/mol. The standard InChI is InChI=1S/C44H25N3OS/c1-2-11-27-24-28(21-20-26(27)10-1)29-22-23-33-39(25-29)49-43-41(33)45-44(47-35-16-6-3-12-30(35)31-13-4-7-17-36(31)47)46-42(43)34-15-9-19-38-40(34)32-14-5-8-18-37(32)48-38/h1-25H. The van der Waals surface area contributed by atoms with Gasteiger partial charge in [0.15, 0.2) is 0 Å². The molecule has 0 saturated heterocycles. The van der Waals surface area contributed by atoms with E-state index in [1.54, 1.807) is 11.3 Å². The zero-order valence-electron chi connectivity index (χ0n) is 26.1. The maximum Gasteiger partial charge on any atom is 0.235 e. The Morgan fingerprint density at radius 2 is 1.18 bits per heavy atom. The van der Waals surface area contributed by atoms with Crippen molar-refractivity contribution in [2.45, 2.75) is 0 Å². The SMILES string of the molecule is c1ccc2cc(-c3ccc4c(c3)sc3c(-c5cccc6oc7ccccc7c56)nc(-n5c6ccccc6c6ccccc65)nc34)ccc2c1. The van der Waals surface area contributed by atoms with Crippen LogP contribution in [0.3, 0.4) is 0 Å². The van der Waals surface area contributed by atoms with E-state index in [0.717, 1.165) is 59.8 Å². The third-order valence-electron chi connectivity index (χ3n) is 9.82. The molecule has 11 rings (SSSR count). The highest BCUT2D eigenvalue weighted by Crippen LogP contribution is 2.44. The van der Waals surface area contributed by atoms with Crippen LogP contribution >= 0.6 is 11.3 Å². The second kappa shape index (κ2) is 10.1. The van der Waals surface area contributed by atoms with E-state index in [1.807, 2.05) is 18.2 Å². The molecule has 0 bridgehead atoms. The first-order valence-electron chi connectivity index (χ1n) is 16.4. The highest BCUT2D eigenvalue weighted by atomic mass is 32.1. The van der Waals surface area contributed by atoms with Gasteiger partial charge >= 0.3 is 0 Å². The Kier molecular flexibility index (Phi) is 5.51. The fourth-order valence-corrected chi connectivity index (χ4v) is 8.76. The Bertz CT molecular complexity index is 3070. The summed E-state index contributed by atoms with van der Waals surface area (Å²) in [4.78, 5) is 10.9. The van der Waals surface area contributed by atoms with Crippen molar-refractivity contribution in [3.8, 4) is 28.3 Å². The number of fused-ring (bicyclic) bond motifs is 10. The van der Waals surface area contributed by atoms with Crippen LogP contribution in [0, 0.1) is 0 Å². The lowest BCUT2D eigenvalue weighted by Gasteiger charge is -2.11. The van der Waals surface area contributed by atoms with Crippen LogP contribution in [0.5, 0.6) is 0 Å². The highest BCUT2D eigenvalue weighted by Gasteiger charge is 2.22. The number of hydrogen-bond acceptors (Lipinski definition) is 4. The molecule has 0 N–H and O–H groups in total. The smallest absolute Gasteiger partial charge is 0.235 e. The van der Waals surface area contributed by atoms with E-state index in [1.165, 1.54) is 37.4 Å². The van der Waals surface area contributed by atoms with Crippen LogP contribution in [0.1, 0.15) is 0 Å². The summed E-state index contributed by atoms with van der Waals surface area (Å²) < 4.78 is 10.8. The lowest BCUT2D eigenvalue weighted by Crippen LogP contribution is -2.02. The summed E-state index contributed by atoms with van der Waals surface area (Å²) >= 11 is 1.76. The van der Waals surface area contributed by atoms with Gasteiger partial charge < -0.3 is 4.42 Å². The largest absolute Gasteiger partial charge is 0.456 e. The quantitative estimate of drug-likeness (QED) is 0.192. The van der Waals surface area contributed by atoms with E-state index in [-0.39, 0.29) is 0 Å². The molecule has 228 valence electrons. The molecule has 49 heavy (non-hydrogen) atoms. The molecule has 0 aliphatic carbocycles. The summed E-state index contributed by atoms with van der Waals surface area (Å²) in [5, 5.41) is 8.12. The maximum atomic E-state index is 6.35. The average molecular weight is 644 g/mol. The minimum absolute atomic E-state index is 0.656. The summed E-state index contributed by atoms with van der Waals surface area (Å²) in [6.07, 6.45) is 0. The van der Waals surface area contributed by atoms with Crippen LogP contribution in [0.15, 0.2) is 156 Å². The number of aromatic nitrogens is 3. The number of nitrogens with zero attached hydrogens (tertiary/aromatic N) is 3. The number of thiophene rings is 1. The van der Waals surface area contributed by atoms with Gasteiger partial charge in [-0.2, -0.15) is 0 Å². The molecule has 0 radical (unpaired) electrons. The fraction of sp³-hybridized carbons (Fsp3) is 0. The fourth-order valence-electron chi connectivity index (χ4n) is 7.57. The summed E-state index contributed by atoms with van der Waals surface area (Å²) in [5.74, 6) is 0.656. The molecule has 4 heterocycles. The van der Waals surface area contributed by atoms with E-state index in [4.69, 9.17) is 14.4 Å².